The molecule has 138 valence electrons. The molecule has 1 aliphatic carbocycles. The molecular weight excluding hydrogens is 332 g/mol. The highest BCUT2D eigenvalue weighted by molar-refractivity contribution is 5.80. The minimum atomic E-state index is -0.662. The Bertz CT molecular complexity index is 694. The van der Waals surface area contributed by atoms with Gasteiger partial charge in [-0.2, -0.15) is 0 Å². The smallest absolute Gasteiger partial charge is 0.228 e. The summed E-state index contributed by atoms with van der Waals surface area (Å²) in [6.45, 7) is 0.0772. The van der Waals surface area contributed by atoms with Crippen LogP contribution in [0, 0.1) is 5.92 Å². The van der Waals surface area contributed by atoms with Gasteiger partial charge in [0.15, 0.2) is 0 Å². The zero-order valence-corrected chi connectivity index (χ0v) is 14.6. The van der Waals surface area contributed by atoms with Crippen LogP contribution in [0.5, 0.6) is 0 Å². The number of nitrogens with zero attached hydrogens (tertiary/aromatic N) is 4. The van der Waals surface area contributed by atoms with E-state index >= 15 is 0 Å². The van der Waals surface area contributed by atoms with E-state index in [9.17, 15) is 9.90 Å². The standard InChI is InChI=1S/C13H17N3O2.C6H7NO/c17-12-5-4-11(10-8-14-6-7-15-10)16(12)13(18)9-2-1-3-9;8-5-6-2-1-3-7-4-6/h6-9,11-12,17H,1-5H2;1-4,8H,5H2. The molecule has 2 unspecified atom stereocenters. The monoisotopic (exact) mass is 356 g/mol. The Morgan fingerprint density at radius 1 is 1.12 bits per heavy atom. The number of hydrogen-bond acceptors (Lipinski definition) is 6. The maximum absolute atomic E-state index is 12.3. The van der Waals surface area contributed by atoms with Crippen molar-refractivity contribution in [2.45, 2.75) is 51.0 Å². The molecule has 0 spiro atoms. The molecule has 1 saturated carbocycles. The highest BCUT2D eigenvalue weighted by Gasteiger charge is 2.41. The zero-order valence-electron chi connectivity index (χ0n) is 14.6. The molecule has 0 aromatic carbocycles. The second-order valence-electron chi connectivity index (χ2n) is 6.60. The highest BCUT2D eigenvalue weighted by atomic mass is 16.3. The summed E-state index contributed by atoms with van der Waals surface area (Å²) in [5, 5.41) is 18.5. The van der Waals surface area contributed by atoms with Crippen molar-refractivity contribution in [3.63, 3.8) is 0 Å². The minimum Gasteiger partial charge on any atom is -0.392 e. The third-order valence-corrected chi connectivity index (χ3v) is 4.89. The molecule has 1 amide bonds. The van der Waals surface area contributed by atoms with Crippen LogP contribution in [-0.4, -0.2) is 42.2 Å². The largest absolute Gasteiger partial charge is 0.392 e. The Morgan fingerprint density at radius 3 is 2.46 bits per heavy atom. The van der Waals surface area contributed by atoms with Crippen molar-refractivity contribution in [3.05, 3.63) is 54.4 Å². The van der Waals surface area contributed by atoms with Gasteiger partial charge in [-0.05, 0) is 37.3 Å². The van der Waals surface area contributed by atoms with Gasteiger partial charge < -0.3 is 15.1 Å². The molecule has 2 N–H and O–H groups in total. The predicted octanol–water partition coefficient (Wildman–Crippen LogP) is 1.83. The lowest BCUT2D eigenvalue weighted by atomic mass is 9.84. The number of rotatable bonds is 3. The molecule has 0 radical (unpaired) electrons. The van der Waals surface area contributed by atoms with Gasteiger partial charge in [-0.15, -0.1) is 0 Å². The van der Waals surface area contributed by atoms with Crippen molar-refractivity contribution in [1.82, 2.24) is 19.9 Å². The molecule has 7 nitrogen and oxygen atoms in total. The summed E-state index contributed by atoms with van der Waals surface area (Å²) in [5.74, 6) is 0.193. The van der Waals surface area contributed by atoms with Gasteiger partial charge in [-0.1, -0.05) is 12.5 Å². The van der Waals surface area contributed by atoms with Gasteiger partial charge in [0, 0.05) is 30.7 Å². The van der Waals surface area contributed by atoms with Crippen LogP contribution in [0.1, 0.15) is 49.4 Å². The van der Waals surface area contributed by atoms with E-state index in [1.54, 1.807) is 42.0 Å². The van der Waals surface area contributed by atoms with Crippen molar-refractivity contribution in [3.8, 4) is 0 Å². The molecule has 7 heteroatoms. The number of carbonyl (C=O) groups excluding carboxylic acids is 1. The second kappa shape index (κ2) is 8.82. The molecule has 3 heterocycles. The Kier molecular flexibility index (Phi) is 6.25. The molecule has 2 fully saturated rings. The quantitative estimate of drug-likeness (QED) is 0.870. The van der Waals surface area contributed by atoms with Crippen LogP contribution in [0.15, 0.2) is 43.1 Å². The molecule has 4 rings (SSSR count). The first-order valence-electron chi connectivity index (χ1n) is 8.96. The lowest BCUT2D eigenvalue weighted by Gasteiger charge is -2.34. The number of aromatic nitrogens is 3. The van der Waals surface area contributed by atoms with Crippen LogP contribution >= 0.6 is 0 Å². The van der Waals surface area contributed by atoms with Gasteiger partial charge in [0.2, 0.25) is 5.91 Å². The first-order valence-corrected chi connectivity index (χ1v) is 8.96. The fourth-order valence-corrected chi connectivity index (χ4v) is 3.22. The maximum Gasteiger partial charge on any atom is 0.228 e. The van der Waals surface area contributed by atoms with E-state index in [4.69, 9.17) is 5.11 Å². The zero-order chi connectivity index (χ0) is 18.4. The lowest BCUT2D eigenvalue weighted by Crippen LogP contribution is -2.43. The van der Waals surface area contributed by atoms with E-state index in [2.05, 4.69) is 15.0 Å². The summed E-state index contributed by atoms with van der Waals surface area (Å²) in [6.07, 6.45) is 12.0. The molecule has 2 aromatic rings. The average Bonchev–Trinajstić information content (AvgIpc) is 3.04. The van der Waals surface area contributed by atoms with Crippen LogP contribution < -0.4 is 0 Å². The van der Waals surface area contributed by atoms with Crippen LogP contribution in [0.2, 0.25) is 0 Å². The fourth-order valence-electron chi connectivity index (χ4n) is 3.22. The maximum atomic E-state index is 12.3. The fraction of sp³-hybridized carbons (Fsp3) is 0.474. The third kappa shape index (κ3) is 4.23. The Balaban J connectivity index is 0.000000206. The Labute approximate surface area is 152 Å². The van der Waals surface area contributed by atoms with E-state index in [1.807, 2.05) is 6.07 Å². The SMILES string of the molecule is O=C(C1CCC1)N1C(O)CCC1c1cnccn1.OCc1cccnc1. The summed E-state index contributed by atoms with van der Waals surface area (Å²) >= 11 is 0. The second-order valence-corrected chi connectivity index (χ2v) is 6.60. The number of likely N-dealkylation sites (tertiary alicyclic amines) is 1. The first-order chi connectivity index (χ1) is 12.7. The van der Waals surface area contributed by atoms with Gasteiger partial charge in [0.1, 0.15) is 6.23 Å². The number of aliphatic hydroxyl groups excluding tert-OH is 2. The first kappa shape index (κ1) is 18.4. The summed E-state index contributed by atoms with van der Waals surface area (Å²) in [7, 11) is 0. The molecule has 26 heavy (non-hydrogen) atoms. The molecule has 2 aromatic heterocycles. The van der Waals surface area contributed by atoms with Crippen LogP contribution in [0.3, 0.4) is 0 Å². The number of aliphatic hydroxyl groups is 2. The van der Waals surface area contributed by atoms with E-state index in [0.29, 0.717) is 6.42 Å². The summed E-state index contributed by atoms with van der Waals surface area (Å²) in [4.78, 5) is 26.1. The van der Waals surface area contributed by atoms with Gasteiger partial charge in [-0.3, -0.25) is 19.7 Å². The van der Waals surface area contributed by atoms with Crippen LogP contribution in [0.25, 0.3) is 0 Å². The number of amides is 1. The highest BCUT2D eigenvalue weighted by Crippen LogP contribution is 2.38. The molecular formula is C19H24N4O3. The molecule has 2 aliphatic rings. The van der Waals surface area contributed by atoms with E-state index in [1.165, 1.54) is 0 Å². The average molecular weight is 356 g/mol. The lowest BCUT2D eigenvalue weighted by molar-refractivity contribution is -0.148. The predicted molar refractivity (Wildman–Crippen MR) is 94.4 cm³/mol. The molecule has 2 atom stereocenters. The van der Waals surface area contributed by atoms with Crippen LogP contribution in [0.4, 0.5) is 0 Å². The normalized spacial score (nSPS) is 22.3. The van der Waals surface area contributed by atoms with E-state index in [0.717, 1.165) is 36.9 Å². The van der Waals surface area contributed by atoms with E-state index in [-0.39, 0.29) is 24.5 Å². The third-order valence-electron chi connectivity index (χ3n) is 4.89. The number of pyridine rings is 1. The molecule has 1 saturated heterocycles. The van der Waals surface area contributed by atoms with Gasteiger partial charge >= 0.3 is 0 Å². The van der Waals surface area contributed by atoms with E-state index < -0.39 is 6.23 Å². The Hall–Kier alpha value is -2.38. The van der Waals surface area contributed by atoms with Crippen molar-refractivity contribution < 1.29 is 15.0 Å². The van der Waals surface area contributed by atoms with Gasteiger partial charge in [0.25, 0.3) is 0 Å². The summed E-state index contributed by atoms with van der Waals surface area (Å²) < 4.78 is 0. The van der Waals surface area contributed by atoms with Gasteiger partial charge in [0.05, 0.1) is 24.5 Å². The number of carbonyl (C=O) groups is 1. The van der Waals surface area contributed by atoms with Crippen molar-refractivity contribution in [1.29, 1.82) is 0 Å². The summed E-state index contributed by atoms with van der Waals surface area (Å²) in [6, 6.07) is 3.51. The van der Waals surface area contributed by atoms with Gasteiger partial charge in [-0.25, -0.2) is 0 Å². The molecule has 0 bridgehead atoms. The summed E-state index contributed by atoms with van der Waals surface area (Å²) in [5.41, 5.74) is 1.63. The van der Waals surface area contributed by atoms with Crippen LogP contribution in [-0.2, 0) is 11.4 Å². The minimum absolute atomic E-state index is 0.0772. The van der Waals surface area contributed by atoms with Crippen molar-refractivity contribution in [2.75, 3.05) is 0 Å². The van der Waals surface area contributed by atoms with Crippen molar-refractivity contribution >= 4 is 5.91 Å². The van der Waals surface area contributed by atoms with Crippen molar-refractivity contribution in [2.24, 2.45) is 5.92 Å². The number of hydrogen-bond donors (Lipinski definition) is 2. The topological polar surface area (TPSA) is 99.4 Å². The molecule has 1 aliphatic heterocycles. The Morgan fingerprint density at radius 2 is 1.92 bits per heavy atom.